The molecule has 1 heterocycles. The number of halogens is 1. The molecule has 0 N–H and O–H groups in total. The lowest BCUT2D eigenvalue weighted by Crippen LogP contribution is -2.32. The van der Waals surface area contributed by atoms with Crippen LogP contribution in [0.2, 0.25) is 13.1 Å². The van der Waals surface area contributed by atoms with Crippen LogP contribution < -0.4 is 10.3 Å². The smallest absolute Gasteiger partial charge is 0.292 e. The van der Waals surface area contributed by atoms with E-state index in [1.165, 1.54) is 7.11 Å². The molecule has 0 fully saturated rings. The predicted octanol–water partition coefficient (Wildman–Crippen LogP) is 2.00. The van der Waals surface area contributed by atoms with Crippen LogP contribution in [0, 0.1) is 0 Å². The second-order valence-electron chi connectivity index (χ2n) is 3.73. The maximum atomic E-state index is 11.7. The quantitative estimate of drug-likeness (QED) is 0.624. The van der Waals surface area contributed by atoms with Gasteiger partial charge in [0.15, 0.2) is 5.75 Å². The average molecular weight is 276 g/mol. The van der Waals surface area contributed by atoms with Gasteiger partial charge in [-0.15, -0.1) is 15.3 Å². The summed E-state index contributed by atoms with van der Waals surface area (Å²) in [5.74, 6) is 0.401. The Morgan fingerprint density at radius 2 is 2.21 bits per heavy atom. The zero-order valence-electron chi connectivity index (χ0n) is 8.58. The lowest BCUT2D eigenvalue weighted by atomic mass is 10.4. The number of pyridine rings is 1. The van der Waals surface area contributed by atoms with Crippen LogP contribution in [0.1, 0.15) is 0 Å². The molecule has 0 spiro atoms. The highest BCUT2D eigenvalue weighted by Crippen LogP contribution is 2.13. The molecule has 0 aromatic carbocycles. The highest BCUT2D eigenvalue weighted by molar-refractivity contribution is 9.26. The van der Waals surface area contributed by atoms with Crippen LogP contribution in [0.15, 0.2) is 23.1 Å². The molecular formula is C9H14BrNO2Si. The van der Waals surface area contributed by atoms with Gasteiger partial charge in [-0.3, -0.25) is 4.79 Å². The molecule has 1 rings (SSSR count). The van der Waals surface area contributed by atoms with Gasteiger partial charge >= 0.3 is 0 Å². The standard InChI is InChI=1S/C9H14BrNO2Si/c1-13-8-5-4-6-11(9(8)12)7-14(2,3)10/h4-6H,7H2,1-3H3. The molecule has 0 unspecified atom stereocenters. The summed E-state index contributed by atoms with van der Waals surface area (Å²) >= 11 is 3.63. The summed E-state index contributed by atoms with van der Waals surface area (Å²) in [7, 11) is 1.51. The Bertz CT molecular complexity index is 370. The second kappa shape index (κ2) is 4.31. The van der Waals surface area contributed by atoms with Crippen molar-refractivity contribution >= 4 is 22.0 Å². The van der Waals surface area contributed by atoms with E-state index >= 15 is 0 Å². The Kier molecular flexibility index (Phi) is 3.55. The number of aromatic nitrogens is 1. The van der Waals surface area contributed by atoms with Crippen molar-refractivity contribution in [2.75, 3.05) is 7.11 Å². The largest absolute Gasteiger partial charge is 0.491 e. The number of methoxy groups -OCH3 is 1. The molecule has 0 atom stereocenters. The fourth-order valence-corrected chi connectivity index (χ4v) is 3.07. The van der Waals surface area contributed by atoms with E-state index in [2.05, 4.69) is 28.4 Å². The van der Waals surface area contributed by atoms with Gasteiger partial charge in [0, 0.05) is 12.4 Å². The van der Waals surface area contributed by atoms with E-state index in [9.17, 15) is 4.79 Å². The SMILES string of the molecule is COc1cccn(C[Si](C)(C)Br)c1=O. The minimum absolute atomic E-state index is 0.0602. The lowest BCUT2D eigenvalue weighted by molar-refractivity contribution is 0.404. The van der Waals surface area contributed by atoms with Crippen LogP contribution in [0.25, 0.3) is 0 Å². The van der Waals surface area contributed by atoms with Gasteiger partial charge in [-0.05, 0) is 12.1 Å². The van der Waals surface area contributed by atoms with Crippen molar-refractivity contribution in [3.63, 3.8) is 0 Å². The molecule has 14 heavy (non-hydrogen) atoms. The molecule has 0 amide bonds. The fourth-order valence-electron chi connectivity index (χ4n) is 1.20. The van der Waals surface area contributed by atoms with E-state index in [0.29, 0.717) is 5.75 Å². The Balaban J connectivity index is 3.05. The van der Waals surface area contributed by atoms with Gasteiger partial charge in [0.05, 0.1) is 7.11 Å². The van der Waals surface area contributed by atoms with Crippen LogP contribution in [0.4, 0.5) is 0 Å². The summed E-state index contributed by atoms with van der Waals surface area (Å²) < 4.78 is 6.66. The summed E-state index contributed by atoms with van der Waals surface area (Å²) in [4.78, 5) is 11.7. The van der Waals surface area contributed by atoms with Crippen molar-refractivity contribution in [3.05, 3.63) is 28.7 Å². The highest BCUT2D eigenvalue weighted by Gasteiger charge is 2.18. The van der Waals surface area contributed by atoms with Crippen LogP contribution in [-0.2, 0) is 6.17 Å². The van der Waals surface area contributed by atoms with E-state index in [4.69, 9.17) is 4.74 Å². The van der Waals surface area contributed by atoms with Crippen molar-refractivity contribution in [2.45, 2.75) is 19.3 Å². The Morgan fingerprint density at radius 3 is 2.71 bits per heavy atom. The van der Waals surface area contributed by atoms with E-state index < -0.39 is 6.69 Å². The van der Waals surface area contributed by atoms with Crippen molar-refractivity contribution < 1.29 is 4.74 Å². The van der Waals surface area contributed by atoms with Gasteiger partial charge in [-0.1, -0.05) is 13.1 Å². The monoisotopic (exact) mass is 275 g/mol. The zero-order chi connectivity index (χ0) is 10.8. The molecule has 0 radical (unpaired) electrons. The molecule has 0 saturated carbocycles. The fraction of sp³-hybridized carbons (Fsp3) is 0.444. The maximum absolute atomic E-state index is 11.7. The third-order valence-electron chi connectivity index (χ3n) is 1.75. The van der Waals surface area contributed by atoms with Gasteiger partial charge in [0.1, 0.15) is 6.69 Å². The predicted molar refractivity (Wildman–Crippen MR) is 63.7 cm³/mol. The van der Waals surface area contributed by atoms with E-state index in [1.807, 2.05) is 6.07 Å². The Labute approximate surface area is 92.3 Å². The van der Waals surface area contributed by atoms with Crippen molar-refractivity contribution in [3.8, 4) is 5.75 Å². The number of ether oxygens (including phenoxy) is 1. The Morgan fingerprint density at radius 1 is 1.57 bits per heavy atom. The normalized spacial score (nSPS) is 11.4. The number of hydrogen-bond acceptors (Lipinski definition) is 2. The molecule has 0 aliphatic heterocycles. The molecule has 0 bridgehead atoms. The molecule has 0 saturated heterocycles. The average Bonchev–Trinajstić information content (AvgIpc) is 2.06. The first kappa shape index (κ1) is 11.5. The molecule has 0 aliphatic carbocycles. The summed E-state index contributed by atoms with van der Waals surface area (Å²) in [5.41, 5.74) is -0.0602. The number of rotatable bonds is 3. The summed E-state index contributed by atoms with van der Waals surface area (Å²) in [6.07, 6.45) is 2.55. The molecule has 78 valence electrons. The van der Waals surface area contributed by atoms with Crippen molar-refractivity contribution in [1.82, 2.24) is 4.57 Å². The molecule has 1 aromatic heterocycles. The summed E-state index contributed by atoms with van der Waals surface area (Å²) in [5, 5.41) is 0. The van der Waals surface area contributed by atoms with Gasteiger partial charge in [-0.25, -0.2) is 0 Å². The number of hydrogen-bond donors (Lipinski definition) is 0. The van der Waals surface area contributed by atoms with Crippen molar-refractivity contribution in [1.29, 1.82) is 0 Å². The zero-order valence-corrected chi connectivity index (χ0v) is 11.2. The van der Waals surface area contributed by atoms with Crippen LogP contribution in [-0.4, -0.2) is 18.4 Å². The van der Waals surface area contributed by atoms with E-state index in [-0.39, 0.29) is 5.56 Å². The maximum Gasteiger partial charge on any atom is 0.292 e. The minimum Gasteiger partial charge on any atom is -0.491 e. The first-order valence-corrected chi connectivity index (χ1v) is 9.83. The summed E-state index contributed by atoms with van der Waals surface area (Å²) in [6, 6.07) is 3.51. The second-order valence-corrected chi connectivity index (χ2v) is 13.9. The van der Waals surface area contributed by atoms with Gasteiger partial charge in [0.25, 0.3) is 5.56 Å². The van der Waals surface area contributed by atoms with Crippen LogP contribution in [0.5, 0.6) is 5.75 Å². The molecule has 3 nitrogen and oxygen atoms in total. The van der Waals surface area contributed by atoms with Gasteiger partial charge in [0.2, 0.25) is 0 Å². The van der Waals surface area contributed by atoms with Gasteiger partial charge in [-0.2, -0.15) is 0 Å². The van der Waals surface area contributed by atoms with Gasteiger partial charge < -0.3 is 9.30 Å². The van der Waals surface area contributed by atoms with Crippen molar-refractivity contribution in [2.24, 2.45) is 0 Å². The van der Waals surface area contributed by atoms with E-state index in [0.717, 1.165) is 6.17 Å². The lowest BCUT2D eigenvalue weighted by Gasteiger charge is -2.15. The van der Waals surface area contributed by atoms with E-state index in [1.54, 1.807) is 16.8 Å². The highest BCUT2D eigenvalue weighted by atomic mass is 79.9. The number of nitrogens with zero attached hydrogens (tertiary/aromatic N) is 1. The third kappa shape index (κ3) is 2.99. The first-order valence-electron chi connectivity index (χ1n) is 4.36. The molecule has 5 heteroatoms. The Hall–Kier alpha value is -0.553. The molecule has 0 aliphatic rings. The third-order valence-corrected chi connectivity index (χ3v) is 3.60. The summed E-state index contributed by atoms with van der Waals surface area (Å²) in [6.45, 7) is 2.86. The topological polar surface area (TPSA) is 31.2 Å². The first-order chi connectivity index (χ1) is 6.44. The van der Waals surface area contributed by atoms with Crippen LogP contribution in [0.3, 0.4) is 0 Å². The molecule has 1 aromatic rings. The van der Waals surface area contributed by atoms with Crippen LogP contribution >= 0.6 is 15.3 Å². The molecular weight excluding hydrogens is 262 g/mol. The minimum atomic E-state index is -1.45.